The van der Waals surface area contributed by atoms with Crippen LogP contribution in [0.5, 0.6) is 11.5 Å². The van der Waals surface area contributed by atoms with Crippen LogP contribution < -0.4 is 0 Å². The maximum Gasteiger partial charge on any atom is 0.168 e. The van der Waals surface area contributed by atoms with Crippen LogP contribution in [-0.4, -0.2) is 16.5 Å². The Balaban J connectivity index is 2.07. The van der Waals surface area contributed by atoms with Crippen molar-refractivity contribution in [3.63, 3.8) is 0 Å². The fraction of sp³-hybridized carbons (Fsp3) is 0.136. The van der Waals surface area contributed by atoms with Crippen LogP contribution in [0.2, 0.25) is 0 Å². The van der Waals surface area contributed by atoms with E-state index < -0.39 is 5.75 Å². The molecule has 0 aromatic heterocycles. The Morgan fingerprint density at radius 1 is 0.963 bits per heavy atom. The molecule has 0 aliphatic carbocycles. The van der Waals surface area contributed by atoms with Crippen LogP contribution in [0.25, 0.3) is 11.1 Å². The van der Waals surface area contributed by atoms with Gasteiger partial charge in [0, 0.05) is 15.6 Å². The molecular weight excluding hydrogens is 408 g/mol. The molecule has 0 fully saturated rings. The molecule has 0 saturated carbocycles. The number of hydrogen-bond acceptors (Lipinski definition) is 4. The highest BCUT2D eigenvalue weighted by Crippen LogP contribution is 2.44. The lowest BCUT2D eigenvalue weighted by Gasteiger charge is -2.19. The van der Waals surface area contributed by atoms with Gasteiger partial charge in [-0.3, -0.25) is 4.79 Å². The lowest BCUT2D eigenvalue weighted by molar-refractivity contribution is 0.103. The smallest absolute Gasteiger partial charge is 0.168 e. The molecule has 3 aromatic rings. The first kappa shape index (κ1) is 19.1. The molecule has 0 radical (unpaired) electrons. The summed E-state index contributed by atoms with van der Waals surface area (Å²) in [7, 11) is 0. The minimum absolute atomic E-state index is 0.0388. The minimum Gasteiger partial charge on any atom is -0.504 e. The van der Waals surface area contributed by atoms with Crippen molar-refractivity contribution < 1.29 is 19.7 Å². The highest BCUT2D eigenvalue weighted by atomic mass is 79.9. The Bertz CT molecular complexity index is 968. The molecule has 0 saturated heterocycles. The molecule has 138 valence electrons. The summed E-state index contributed by atoms with van der Waals surface area (Å²) < 4.78 is 6.65. The largest absolute Gasteiger partial charge is 0.504 e. The average molecular weight is 427 g/mol. The average Bonchev–Trinajstić information content (AvgIpc) is 2.68. The van der Waals surface area contributed by atoms with E-state index in [-0.39, 0.29) is 17.9 Å². The number of aromatic hydroxyl groups is 2. The van der Waals surface area contributed by atoms with Crippen molar-refractivity contribution in [2.75, 3.05) is 0 Å². The first-order chi connectivity index (χ1) is 13.0. The summed E-state index contributed by atoms with van der Waals surface area (Å²) in [6, 6.07) is 17.2. The van der Waals surface area contributed by atoms with Crippen molar-refractivity contribution in [1.29, 1.82) is 0 Å². The van der Waals surface area contributed by atoms with Gasteiger partial charge in [0.2, 0.25) is 0 Å². The van der Waals surface area contributed by atoms with E-state index in [1.54, 1.807) is 6.92 Å². The predicted molar refractivity (Wildman–Crippen MR) is 108 cm³/mol. The summed E-state index contributed by atoms with van der Waals surface area (Å²) in [6.07, 6.45) is 0.552. The van der Waals surface area contributed by atoms with Gasteiger partial charge in [-0.2, -0.15) is 0 Å². The number of phenols is 2. The van der Waals surface area contributed by atoms with E-state index in [0.29, 0.717) is 29.6 Å². The Labute approximate surface area is 166 Å². The lowest BCUT2D eigenvalue weighted by Crippen LogP contribution is -2.04. The van der Waals surface area contributed by atoms with Crippen LogP contribution in [0, 0.1) is 6.92 Å². The number of benzene rings is 3. The fourth-order valence-electron chi connectivity index (χ4n) is 3.08. The van der Waals surface area contributed by atoms with Gasteiger partial charge in [0.15, 0.2) is 17.8 Å². The fourth-order valence-corrected chi connectivity index (χ4v) is 3.56. The molecule has 27 heavy (non-hydrogen) atoms. The van der Waals surface area contributed by atoms with Gasteiger partial charge in [0.25, 0.3) is 0 Å². The maximum atomic E-state index is 11.7. The number of hydrogen-bond donors (Lipinski definition) is 2. The molecule has 0 aliphatic rings. The summed E-state index contributed by atoms with van der Waals surface area (Å²) in [4.78, 5) is 11.7. The maximum absolute atomic E-state index is 11.7. The Kier molecular flexibility index (Phi) is 5.94. The van der Waals surface area contributed by atoms with Crippen LogP contribution in [-0.2, 0) is 18.0 Å². The molecule has 0 bridgehead atoms. The van der Waals surface area contributed by atoms with Gasteiger partial charge in [0.05, 0.1) is 18.8 Å². The van der Waals surface area contributed by atoms with Gasteiger partial charge in [-0.05, 0) is 29.7 Å². The summed E-state index contributed by atoms with van der Waals surface area (Å²) >= 11 is 3.52. The summed E-state index contributed by atoms with van der Waals surface area (Å²) in [5.41, 5.74) is 3.56. The van der Waals surface area contributed by atoms with Crippen molar-refractivity contribution >= 4 is 22.2 Å². The first-order valence-corrected chi connectivity index (χ1v) is 9.23. The second kappa shape index (κ2) is 8.37. The zero-order valence-electron chi connectivity index (χ0n) is 14.8. The number of rotatable bonds is 6. The van der Waals surface area contributed by atoms with E-state index in [0.717, 1.165) is 15.6 Å². The van der Waals surface area contributed by atoms with Crippen LogP contribution in [0.4, 0.5) is 0 Å². The molecule has 3 aromatic carbocycles. The number of ether oxygens (including phenoxy) is 1. The van der Waals surface area contributed by atoms with Gasteiger partial charge < -0.3 is 14.9 Å². The summed E-state index contributed by atoms with van der Waals surface area (Å²) in [5, 5.41) is 20.6. The summed E-state index contributed by atoms with van der Waals surface area (Å²) in [6.45, 7) is 2.20. The third kappa shape index (κ3) is 3.89. The normalized spacial score (nSPS) is 10.7. The number of aldehydes is 1. The molecule has 0 atom stereocenters. The number of phenolic OH excluding ortho intramolecular Hbond substituents is 2. The van der Waals surface area contributed by atoms with Crippen LogP contribution in [0.1, 0.15) is 27.0 Å². The van der Waals surface area contributed by atoms with Crippen molar-refractivity contribution in [2.45, 2.75) is 20.1 Å². The molecule has 2 N–H and O–H groups in total. The van der Waals surface area contributed by atoms with Gasteiger partial charge in [-0.25, -0.2) is 0 Å². The molecule has 3 rings (SSSR count). The first-order valence-electron chi connectivity index (χ1n) is 8.43. The second-order valence-electron chi connectivity index (χ2n) is 6.17. The zero-order chi connectivity index (χ0) is 19.4. The van der Waals surface area contributed by atoms with E-state index in [4.69, 9.17) is 4.74 Å². The monoisotopic (exact) mass is 426 g/mol. The van der Waals surface area contributed by atoms with Crippen LogP contribution >= 0.6 is 15.9 Å². The molecule has 5 heteroatoms. The quantitative estimate of drug-likeness (QED) is 0.410. The Morgan fingerprint density at radius 3 is 2.30 bits per heavy atom. The number of carbonyl (C=O) groups is 1. The molecule has 4 nitrogen and oxygen atoms in total. The molecule has 0 aliphatic heterocycles. The highest BCUT2D eigenvalue weighted by molar-refractivity contribution is 9.10. The zero-order valence-corrected chi connectivity index (χ0v) is 16.4. The molecule has 0 spiro atoms. The SMILES string of the molecule is Cc1c(O)c(O)c(C=O)c(COCc2ccccc2)c1-c1ccccc1Br. The van der Waals surface area contributed by atoms with Crippen LogP contribution in [0.15, 0.2) is 59.1 Å². The van der Waals surface area contributed by atoms with E-state index in [2.05, 4.69) is 15.9 Å². The standard InChI is InChI=1S/C22H19BrO4/c1-14-20(16-9-5-6-10-19(16)23)18(17(11-24)22(26)21(14)25)13-27-12-15-7-3-2-4-8-15/h2-11,25-26H,12-13H2,1H3. The van der Waals surface area contributed by atoms with E-state index >= 15 is 0 Å². The predicted octanol–water partition coefficient (Wildman–Crippen LogP) is 5.37. The number of halogens is 1. The minimum atomic E-state index is -0.420. The molecular formula is C22H19BrO4. The van der Waals surface area contributed by atoms with Crippen molar-refractivity contribution in [2.24, 2.45) is 0 Å². The lowest BCUT2D eigenvalue weighted by atomic mass is 9.90. The van der Waals surface area contributed by atoms with Gasteiger partial charge in [-0.15, -0.1) is 0 Å². The summed E-state index contributed by atoms with van der Waals surface area (Å²) in [5.74, 6) is -0.716. The Hall–Kier alpha value is -2.63. The van der Waals surface area contributed by atoms with Gasteiger partial charge in [-0.1, -0.05) is 64.5 Å². The highest BCUT2D eigenvalue weighted by Gasteiger charge is 2.23. The molecule has 0 amide bonds. The third-order valence-electron chi connectivity index (χ3n) is 4.46. The second-order valence-corrected chi connectivity index (χ2v) is 7.02. The molecule has 0 heterocycles. The van der Waals surface area contributed by atoms with E-state index in [1.807, 2.05) is 54.6 Å². The van der Waals surface area contributed by atoms with Crippen molar-refractivity contribution in [3.8, 4) is 22.6 Å². The Morgan fingerprint density at radius 2 is 1.63 bits per heavy atom. The van der Waals surface area contributed by atoms with Gasteiger partial charge in [0.1, 0.15) is 0 Å². The number of carbonyl (C=O) groups excluding carboxylic acids is 1. The topological polar surface area (TPSA) is 66.8 Å². The van der Waals surface area contributed by atoms with E-state index in [1.165, 1.54) is 0 Å². The molecule has 0 unspecified atom stereocenters. The van der Waals surface area contributed by atoms with Crippen molar-refractivity contribution in [3.05, 3.63) is 81.3 Å². The van der Waals surface area contributed by atoms with Crippen LogP contribution in [0.3, 0.4) is 0 Å². The van der Waals surface area contributed by atoms with Crippen molar-refractivity contribution in [1.82, 2.24) is 0 Å². The van der Waals surface area contributed by atoms with E-state index in [9.17, 15) is 15.0 Å². The third-order valence-corrected chi connectivity index (χ3v) is 5.15. The van der Waals surface area contributed by atoms with Gasteiger partial charge >= 0.3 is 0 Å².